The van der Waals surface area contributed by atoms with Gasteiger partial charge in [0.2, 0.25) is 0 Å². The zero-order valence-electron chi connectivity index (χ0n) is 8.68. The van der Waals surface area contributed by atoms with E-state index in [4.69, 9.17) is 11.6 Å². The summed E-state index contributed by atoms with van der Waals surface area (Å²) in [5.41, 5.74) is -0.791. The number of nitrogens with zero attached hydrogens (tertiary/aromatic N) is 2. The van der Waals surface area contributed by atoms with Crippen LogP contribution in [0, 0.1) is 0 Å². The zero-order chi connectivity index (χ0) is 12.5. The average molecular weight is 255 g/mol. The molecular weight excluding hydrogens is 245 g/mol. The molecule has 0 bridgehead atoms. The van der Waals surface area contributed by atoms with Crippen LogP contribution in [0.5, 0.6) is 0 Å². The summed E-state index contributed by atoms with van der Waals surface area (Å²) in [7, 11) is 0. The van der Waals surface area contributed by atoms with Crippen LogP contribution >= 0.6 is 11.6 Å². The second kappa shape index (κ2) is 4.45. The smallest absolute Gasteiger partial charge is 0.287 e. The highest BCUT2D eigenvalue weighted by Crippen LogP contribution is 2.20. The van der Waals surface area contributed by atoms with Gasteiger partial charge in [-0.25, -0.2) is 4.98 Å². The lowest BCUT2D eigenvalue weighted by atomic mass is 10.2. The van der Waals surface area contributed by atoms with Gasteiger partial charge in [-0.05, 0) is 0 Å². The lowest BCUT2D eigenvalue weighted by molar-refractivity contribution is -0.141. The van der Waals surface area contributed by atoms with Crippen LogP contribution in [0.25, 0.3) is 0 Å². The molecule has 0 fully saturated rings. The van der Waals surface area contributed by atoms with E-state index >= 15 is 0 Å². The molecule has 0 radical (unpaired) electrons. The molecule has 1 aromatic rings. The summed E-state index contributed by atoms with van der Waals surface area (Å²) >= 11 is 5.53. The minimum atomic E-state index is -4.46. The van der Waals surface area contributed by atoms with Crippen molar-refractivity contribution in [1.29, 1.82) is 0 Å². The largest absolute Gasteiger partial charge is 0.406 e. The van der Waals surface area contributed by atoms with Gasteiger partial charge in [-0.3, -0.25) is 9.36 Å². The van der Waals surface area contributed by atoms with Gasteiger partial charge in [0.1, 0.15) is 17.5 Å². The average Bonchev–Trinajstić information content (AvgIpc) is 2.07. The Labute approximate surface area is 94.9 Å². The molecule has 90 valence electrons. The number of hydrogen-bond donors (Lipinski definition) is 0. The third kappa shape index (κ3) is 3.23. The molecule has 0 unspecified atom stereocenters. The standard InChI is InChI=1S/C9H10ClF3N2O/c1-5(2)8-14-6(10)3-7(16)15(8)4-9(11,12)13/h3,5H,4H2,1-2H3. The maximum atomic E-state index is 12.2. The molecule has 0 aliphatic carbocycles. The normalized spacial score (nSPS) is 12.2. The summed E-state index contributed by atoms with van der Waals surface area (Å²) in [5, 5.41) is -0.0906. The first-order valence-electron chi connectivity index (χ1n) is 4.54. The number of aromatic nitrogens is 2. The van der Waals surface area contributed by atoms with Crippen molar-refractivity contribution in [3.63, 3.8) is 0 Å². The van der Waals surface area contributed by atoms with Crippen LogP contribution in [0.2, 0.25) is 5.15 Å². The van der Waals surface area contributed by atoms with Crippen molar-refractivity contribution in [2.45, 2.75) is 32.5 Å². The SMILES string of the molecule is CC(C)c1nc(Cl)cc(=O)n1CC(F)(F)F. The molecule has 16 heavy (non-hydrogen) atoms. The van der Waals surface area contributed by atoms with E-state index < -0.39 is 18.3 Å². The Morgan fingerprint density at radius 3 is 2.50 bits per heavy atom. The number of halogens is 4. The van der Waals surface area contributed by atoms with Crippen LogP contribution in [0.15, 0.2) is 10.9 Å². The van der Waals surface area contributed by atoms with Crippen molar-refractivity contribution < 1.29 is 13.2 Å². The molecule has 7 heteroatoms. The molecule has 0 N–H and O–H groups in total. The van der Waals surface area contributed by atoms with Crippen molar-refractivity contribution in [3.05, 3.63) is 27.4 Å². The summed E-state index contributed by atoms with van der Waals surface area (Å²) in [5.74, 6) is -0.274. The monoisotopic (exact) mass is 254 g/mol. The maximum Gasteiger partial charge on any atom is 0.406 e. The fourth-order valence-electron chi connectivity index (χ4n) is 1.27. The van der Waals surface area contributed by atoms with Gasteiger partial charge in [0.25, 0.3) is 5.56 Å². The van der Waals surface area contributed by atoms with Crippen LogP contribution in [-0.2, 0) is 6.54 Å². The van der Waals surface area contributed by atoms with E-state index in [0.717, 1.165) is 6.07 Å². The Bertz CT molecular complexity index is 439. The van der Waals surface area contributed by atoms with Crippen LogP contribution < -0.4 is 5.56 Å². The minimum Gasteiger partial charge on any atom is -0.287 e. The molecule has 0 aromatic carbocycles. The van der Waals surface area contributed by atoms with Gasteiger partial charge >= 0.3 is 6.18 Å². The van der Waals surface area contributed by atoms with Crippen molar-refractivity contribution in [2.24, 2.45) is 0 Å². The van der Waals surface area contributed by atoms with Crippen molar-refractivity contribution in [2.75, 3.05) is 0 Å². The molecular formula is C9H10ClF3N2O. The third-order valence-electron chi connectivity index (χ3n) is 1.86. The van der Waals surface area contributed by atoms with E-state index in [-0.39, 0.29) is 16.9 Å². The second-order valence-electron chi connectivity index (χ2n) is 3.63. The predicted molar refractivity (Wildman–Crippen MR) is 53.7 cm³/mol. The Kier molecular flexibility index (Phi) is 3.62. The fourth-order valence-corrected chi connectivity index (χ4v) is 1.45. The zero-order valence-corrected chi connectivity index (χ0v) is 9.43. The van der Waals surface area contributed by atoms with Gasteiger partial charge < -0.3 is 0 Å². The topological polar surface area (TPSA) is 34.9 Å². The molecule has 0 aliphatic rings. The van der Waals surface area contributed by atoms with Gasteiger partial charge in [0.15, 0.2) is 0 Å². The lowest BCUT2D eigenvalue weighted by Crippen LogP contribution is -2.31. The van der Waals surface area contributed by atoms with Crippen LogP contribution in [0.1, 0.15) is 25.6 Å². The van der Waals surface area contributed by atoms with Crippen molar-refractivity contribution in [3.8, 4) is 0 Å². The quantitative estimate of drug-likeness (QED) is 0.761. The van der Waals surface area contributed by atoms with Gasteiger partial charge in [-0.2, -0.15) is 13.2 Å². The fraction of sp³-hybridized carbons (Fsp3) is 0.556. The van der Waals surface area contributed by atoms with Crippen molar-refractivity contribution in [1.82, 2.24) is 9.55 Å². The van der Waals surface area contributed by atoms with Gasteiger partial charge in [-0.15, -0.1) is 0 Å². The molecule has 1 aromatic heterocycles. The molecule has 0 atom stereocenters. The molecule has 3 nitrogen and oxygen atoms in total. The van der Waals surface area contributed by atoms with Crippen LogP contribution in [0.4, 0.5) is 13.2 Å². The van der Waals surface area contributed by atoms with Gasteiger partial charge in [-0.1, -0.05) is 25.4 Å². The van der Waals surface area contributed by atoms with E-state index in [1.54, 1.807) is 13.8 Å². The van der Waals surface area contributed by atoms with E-state index in [2.05, 4.69) is 4.98 Å². The molecule has 0 saturated carbocycles. The van der Waals surface area contributed by atoms with Crippen LogP contribution in [0.3, 0.4) is 0 Å². The molecule has 1 heterocycles. The first-order chi connectivity index (χ1) is 7.20. The van der Waals surface area contributed by atoms with E-state index in [1.807, 2.05) is 0 Å². The summed E-state index contributed by atoms with van der Waals surface area (Å²) < 4.78 is 37.3. The van der Waals surface area contributed by atoms with Crippen LogP contribution in [-0.4, -0.2) is 15.7 Å². The summed E-state index contributed by atoms with van der Waals surface area (Å²) in [6, 6.07) is 0.874. The van der Waals surface area contributed by atoms with Gasteiger partial charge in [0.05, 0.1) is 0 Å². The predicted octanol–water partition coefficient (Wildman–Crippen LogP) is 2.58. The molecule has 0 amide bonds. The summed E-state index contributed by atoms with van der Waals surface area (Å²) in [6.45, 7) is 1.94. The van der Waals surface area contributed by atoms with E-state index in [0.29, 0.717) is 4.57 Å². The maximum absolute atomic E-state index is 12.2. The minimum absolute atomic E-state index is 0.0369. The first-order valence-corrected chi connectivity index (χ1v) is 4.92. The van der Waals surface area contributed by atoms with E-state index in [1.165, 1.54) is 0 Å². The molecule has 0 spiro atoms. The van der Waals surface area contributed by atoms with E-state index in [9.17, 15) is 18.0 Å². The molecule has 0 aliphatic heterocycles. The second-order valence-corrected chi connectivity index (χ2v) is 4.02. The number of rotatable bonds is 2. The molecule has 1 rings (SSSR count). The highest BCUT2D eigenvalue weighted by molar-refractivity contribution is 6.29. The summed E-state index contributed by atoms with van der Waals surface area (Å²) in [4.78, 5) is 15.1. The highest BCUT2D eigenvalue weighted by Gasteiger charge is 2.30. The van der Waals surface area contributed by atoms with Crippen molar-refractivity contribution >= 4 is 11.6 Å². The Morgan fingerprint density at radius 1 is 1.50 bits per heavy atom. The Hall–Kier alpha value is -1.04. The Morgan fingerprint density at radius 2 is 2.06 bits per heavy atom. The third-order valence-corrected chi connectivity index (χ3v) is 2.05. The number of hydrogen-bond acceptors (Lipinski definition) is 2. The lowest BCUT2D eigenvalue weighted by Gasteiger charge is -2.15. The van der Waals surface area contributed by atoms with Gasteiger partial charge in [0, 0.05) is 12.0 Å². The molecule has 0 saturated heterocycles. The first kappa shape index (κ1) is 13.0. The Balaban J connectivity index is 3.31. The highest BCUT2D eigenvalue weighted by atomic mass is 35.5. The number of alkyl halides is 3. The summed E-state index contributed by atoms with van der Waals surface area (Å²) in [6.07, 6.45) is -4.46.